The second kappa shape index (κ2) is 5.48. The monoisotopic (exact) mass is 303 g/mol. The fourth-order valence-electron chi connectivity index (χ4n) is 3.32. The molecule has 0 radical (unpaired) electrons. The third-order valence-corrected chi connectivity index (χ3v) is 4.30. The third-order valence-electron chi connectivity index (χ3n) is 4.30. The van der Waals surface area contributed by atoms with Crippen LogP contribution in [0.4, 0.5) is 0 Å². The summed E-state index contributed by atoms with van der Waals surface area (Å²) in [6, 6.07) is 3.71. The van der Waals surface area contributed by atoms with Crippen LogP contribution in [0.3, 0.4) is 0 Å². The summed E-state index contributed by atoms with van der Waals surface area (Å²) in [4.78, 5) is 0. The lowest BCUT2D eigenvalue weighted by Gasteiger charge is -2.21. The fourth-order valence-corrected chi connectivity index (χ4v) is 3.32. The molecule has 1 aromatic heterocycles. The minimum absolute atomic E-state index is 0.0989. The Kier molecular flexibility index (Phi) is 3.64. The van der Waals surface area contributed by atoms with Crippen molar-refractivity contribution in [2.75, 3.05) is 14.2 Å². The number of benzene rings is 1. The van der Waals surface area contributed by atoms with E-state index in [0.717, 1.165) is 35.3 Å². The van der Waals surface area contributed by atoms with Crippen molar-refractivity contribution in [1.29, 1.82) is 0 Å². The molecule has 2 aromatic rings. The second-order valence-electron chi connectivity index (χ2n) is 5.48. The maximum atomic E-state index is 10.6. The molecule has 0 saturated carbocycles. The molecule has 118 valence electrons. The van der Waals surface area contributed by atoms with E-state index >= 15 is 0 Å². The van der Waals surface area contributed by atoms with E-state index in [1.165, 1.54) is 0 Å². The molecule has 1 aliphatic rings. The number of hydrogen-bond acceptors (Lipinski definition) is 4. The van der Waals surface area contributed by atoms with Crippen molar-refractivity contribution in [2.45, 2.75) is 32.7 Å². The van der Waals surface area contributed by atoms with Gasteiger partial charge in [-0.1, -0.05) is 6.92 Å². The molecule has 0 fully saturated rings. The van der Waals surface area contributed by atoms with E-state index in [-0.39, 0.29) is 11.8 Å². The molecule has 0 unspecified atom stereocenters. The van der Waals surface area contributed by atoms with E-state index in [1.807, 2.05) is 19.1 Å². The number of ether oxygens (including phenoxy) is 2. The minimum atomic E-state index is 0.0989. The third kappa shape index (κ3) is 1.92. The fraction of sp³-hybridized carbons (Fsp3) is 0.412. The van der Waals surface area contributed by atoms with Gasteiger partial charge in [0.05, 0.1) is 19.8 Å². The van der Waals surface area contributed by atoms with Gasteiger partial charge in [-0.15, -0.1) is 0 Å². The van der Waals surface area contributed by atoms with Crippen molar-refractivity contribution >= 4 is 0 Å². The summed E-state index contributed by atoms with van der Waals surface area (Å²) in [5.74, 6) is 1.72. The lowest BCUT2D eigenvalue weighted by atomic mass is 9.86. The Bertz CT molecular complexity index is 718. The summed E-state index contributed by atoms with van der Waals surface area (Å²) in [7, 11) is 3.24. The number of rotatable bonds is 4. The lowest BCUT2D eigenvalue weighted by Crippen LogP contribution is -2.06. The molecule has 1 aliphatic carbocycles. The molecule has 0 atom stereocenters. The van der Waals surface area contributed by atoms with Gasteiger partial charge in [-0.05, 0) is 31.4 Å². The average Bonchev–Trinajstić information content (AvgIpc) is 2.79. The highest BCUT2D eigenvalue weighted by atomic mass is 16.5. The van der Waals surface area contributed by atoms with Crippen LogP contribution in [0.25, 0.3) is 11.1 Å². The van der Waals surface area contributed by atoms with E-state index in [1.54, 1.807) is 18.8 Å². The molecule has 1 heterocycles. The van der Waals surface area contributed by atoms with Gasteiger partial charge in [-0.3, -0.25) is 4.57 Å². The molecule has 0 saturated heterocycles. The van der Waals surface area contributed by atoms with E-state index in [0.29, 0.717) is 24.3 Å². The Morgan fingerprint density at radius 2 is 1.59 bits per heavy atom. The molecular formula is C17H21NO4. The molecule has 22 heavy (non-hydrogen) atoms. The smallest absolute Gasteiger partial charge is 0.202 e. The quantitative estimate of drug-likeness (QED) is 0.911. The number of hydrogen-bond donors (Lipinski definition) is 2. The van der Waals surface area contributed by atoms with Gasteiger partial charge in [0.25, 0.3) is 0 Å². The van der Waals surface area contributed by atoms with Crippen LogP contribution in [0.2, 0.25) is 0 Å². The van der Waals surface area contributed by atoms with Crippen molar-refractivity contribution in [3.63, 3.8) is 0 Å². The van der Waals surface area contributed by atoms with Gasteiger partial charge < -0.3 is 19.7 Å². The van der Waals surface area contributed by atoms with Crippen LogP contribution >= 0.6 is 0 Å². The van der Waals surface area contributed by atoms with Gasteiger partial charge in [0.15, 0.2) is 5.88 Å². The zero-order valence-electron chi connectivity index (χ0n) is 13.1. The maximum Gasteiger partial charge on any atom is 0.202 e. The number of aromatic nitrogens is 1. The Morgan fingerprint density at radius 3 is 2.23 bits per heavy atom. The summed E-state index contributed by atoms with van der Waals surface area (Å²) >= 11 is 0. The van der Waals surface area contributed by atoms with E-state index in [9.17, 15) is 10.2 Å². The Morgan fingerprint density at radius 1 is 0.955 bits per heavy atom. The van der Waals surface area contributed by atoms with Crippen LogP contribution in [-0.4, -0.2) is 29.0 Å². The summed E-state index contributed by atoms with van der Waals surface area (Å²) < 4.78 is 12.5. The molecule has 3 rings (SSSR count). The van der Waals surface area contributed by atoms with Crippen LogP contribution in [-0.2, 0) is 19.4 Å². The van der Waals surface area contributed by atoms with Gasteiger partial charge in [-0.2, -0.15) is 0 Å². The largest absolute Gasteiger partial charge is 0.496 e. The summed E-state index contributed by atoms with van der Waals surface area (Å²) in [5, 5.41) is 21.1. The first kappa shape index (κ1) is 14.6. The van der Waals surface area contributed by atoms with Crippen LogP contribution in [0.5, 0.6) is 23.3 Å². The lowest BCUT2D eigenvalue weighted by molar-refractivity contribution is 0.365. The Labute approximate surface area is 129 Å². The Balaban J connectivity index is 2.31. The number of methoxy groups -OCH3 is 2. The molecule has 5 heteroatoms. The minimum Gasteiger partial charge on any atom is -0.496 e. The molecule has 0 aliphatic heterocycles. The molecule has 2 N–H and O–H groups in total. The van der Waals surface area contributed by atoms with Crippen molar-refractivity contribution < 1.29 is 19.7 Å². The number of fused-ring (bicyclic) bond motifs is 3. The predicted molar refractivity (Wildman–Crippen MR) is 84.0 cm³/mol. The summed E-state index contributed by atoms with van der Waals surface area (Å²) in [6.45, 7) is 2.59. The van der Waals surface area contributed by atoms with Gasteiger partial charge in [0, 0.05) is 23.2 Å². The van der Waals surface area contributed by atoms with Crippen LogP contribution in [0.1, 0.15) is 24.5 Å². The highest BCUT2D eigenvalue weighted by molar-refractivity contribution is 5.85. The number of nitrogens with zero attached hydrogens (tertiary/aromatic N) is 1. The topological polar surface area (TPSA) is 63.9 Å². The molecule has 0 bridgehead atoms. The number of aromatic hydroxyl groups is 2. The summed E-state index contributed by atoms with van der Waals surface area (Å²) in [6.07, 6.45) is 2.24. The molecular weight excluding hydrogens is 282 g/mol. The zero-order chi connectivity index (χ0) is 15.9. The van der Waals surface area contributed by atoms with Gasteiger partial charge in [0.1, 0.15) is 11.5 Å². The Hall–Kier alpha value is -2.30. The molecule has 0 amide bonds. The average molecular weight is 303 g/mol. The van der Waals surface area contributed by atoms with E-state index < -0.39 is 0 Å². The summed E-state index contributed by atoms with van der Waals surface area (Å²) in [5.41, 5.74) is 3.29. The first-order valence-electron chi connectivity index (χ1n) is 7.51. The zero-order valence-corrected chi connectivity index (χ0v) is 13.1. The van der Waals surface area contributed by atoms with E-state index in [4.69, 9.17) is 9.47 Å². The first-order valence-corrected chi connectivity index (χ1v) is 7.51. The molecule has 0 spiro atoms. The van der Waals surface area contributed by atoms with Crippen molar-refractivity contribution in [3.8, 4) is 34.4 Å². The molecule has 1 aromatic carbocycles. The maximum absolute atomic E-state index is 10.6. The van der Waals surface area contributed by atoms with Crippen molar-refractivity contribution in [1.82, 2.24) is 4.57 Å². The predicted octanol–water partition coefficient (Wildman–Crippen LogP) is 3.09. The van der Waals surface area contributed by atoms with Gasteiger partial charge in [-0.25, -0.2) is 0 Å². The van der Waals surface area contributed by atoms with Crippen molar-refractivity contribution in [3.05, 3.63) is 23.3 Å². The molecule has 5 nitrogen and oxygen atoms in total. The highest BCUT2D eigenvalue weighted by Gasteiger charge is 2.31. The van der Waals surface area contributed by atoms with Gasteiger partial charge in [0.2, 0.25) is 5.88 Å². The van der Waals surface area contributed by atoms with E-state index in [2.05, 4.69) is 0 Å². The van der Waals surface area contributed by atoms with Crippen LogP contribution < -0.4 is 9.47 Å². The highest BCUT2D eigenvalue weighted by Crippen LogP contribution is 2.51. The van der Waals surface area contributed by atoms with Gasteiger partial charge >= 0.3 is 0 Å². The van der Waals surface area contributed by atoms with Crippen molar-refractivity contribution in [2.24, 2.45) is 0 Å². The van der Waals surface area contributed by atoms with Crippen LogP contribution in [0, 0.1) is 0 Å². The first-order chi connectivity index (χ1) is 10.6. The second-order valence-corrected chi connectivity index (χ2v) is 5.48. The SMILES string of the molecule is CCCn1c(O)c2c(c1O)-c1c(OC)ccc(OC)c1CC2. The normalized spacial score (nSPS) is 12.7. The standard InChI is InChI=1S/C17H21NO4/c1-4-9-18-16(19)11-6-5-10-12(21-2)7-8-13(22-3)14(10)15(11)17(18)20/h7-8,19-20H,4-6,9H2,1-3H3. The van der Waals surface area contributed by atoms with Crippen LogP contribution in [0.15, 0.2) is 12.1 Å².